The van der Waals surface area contributed by atoms with Crippen molar-refractivity contribution in [2.24, 2.45) is 0 Å². The molecule has 0 radical (unpaired) electrons. The van der Waals surface area contributed by atoms with Crippen LogP contribution in [0.3, 0.4) is 0 Å². The zero-order chi connectivity index (χ0) is 16.8. The van der Waals surface area contributed by atoms with Crippen molar-refractivity contribution in [2.45, 2.75) is 110 Å². The van der Waals surface area contributed by atoms with Crippen LogP contribution in [-0.2, 0) is 0 Å². The van der Waals surface area contributed by atoms with Gasteiger partial charge in [0.1, 0.15) is 6.17 Å². The van der Waals surface area contributed by atoms with Crippen molar-refractivity contribution in [1.82, 2.24) is 9.80 Å². The minimum absolute atomic E-state index is 0.626. The molecule has 0 fully saturated rings. The summed E-state index contributed by atoms with van der Waals surface area (Å²) in [7, 11) is 0. The summed E-state index contributed by atoms with van der Waals surface area (Å²) in [6.07, 6.45) is 23.3. The quantitative estimate of drug-likeness (QED) is 0.316. The highest BCUT2D eigenvalue weighted by molar-refractivity contribution is 4.96. The highest BCUT2D eigenvalue weighted by Gasteiger charge is 2.23. The smallest absolute Gasteiger partial charge is 0.100 e. The first-order valence-corrected chi connectivity index (χ1v) is 10.5. The van der Waals surface area contributed by atoms with E-state index in [9.17, 15) is 0 Å². The Hall–Kier alpha value is -0.660. The van der Waals surface area contributed by atoms with Crippen LogP contribution < -0.4 is 0 Å². The van der Waals surface area contributed by atoms with E-state index in [0.717, 1.165) is 0 Å². The molecule has 1 aliphatic rings. The van der Waals surface area contributed by atoms with E-state index in [2.05, 4.69) is 43.0 Å². The molecule has 2 heteroatoms. The fraction of sp³-hybridized carbons (Fsp3) is 0.905. The summed E-state index contributed by atoms with van der Waals surface area (Å²) in [5.41, 5.74) is 0. The van der Waals surface area contributed by atoms with Crippen LogP contribution in [-0.4, -0.2) is 29.1 Å². The summed E-state index contributed by atoms with van der Waals surface area (Å²) < 4.78 is 0. The van der Waals surface area contributed by atoms with Gasteiger partial charge in [0.25, 0.3) is 0 Å². The predicted octanol–water partition coefficient (Wildman–Crippen LogP) is 6.53. The maximum absolute atomic E-state index is 2.58. The molecule has 1 atom stereocenters. The van der Waals surface area contributed by atoms with Crippen molar-refractivity contribution in [3.8, 4) is 0 Å². The van der Waals surface area contributed by atoms with Crippen molar-refractivity contribution in [2.75, 3.05) is 13.1 Å². The zero-order valence-electron chi connectivity index (χ0n) is 16.2. The first kappa shape index (κ1) is 20.4. The van der Waals surface area contributed by atoms with E-state index >= 15 is 0 Å². The topological polar surface area (TPSA) is 6.48 Å². The maximum Gasteiger partial charge on any atom is 0.100 e. The van der Waals surface area contributed by atoms with Gasteiger partial charge in [-0.2, -0.15) is 0 Å². The largest absolute Gasteiger partial charge is 0.356 e. The number of hydrogen-bond donors (Lipinski definition) is 0. The molecule has 0 aromatic carbocycles. The Bertz CT molecular complexity index is 288. The molecule has 0 aliphatic carbocycles. The fourth-order valence-corrected chi connectivity index (χ4v) is 3.63. The Morgan fingerprint density at radius 3 is 1.39 bits per heavy atom. The fourth-order valence-electron chi connectivity index (χ4n) is 3.63. The number of rotatable bonds is 15. The van der Waals surface area contributed by atoms with E-state index in [1.54, 1.807) is 0 Å². The molecule has 0 saturated carbocycles. The maximum atomic E-state index is 2.58. The Labute approximate surface area is 146 Å². The van der Waals surface area contributed by atoms with E-state index < -0.39 is 0 Å². The summed E-state index contributed by atoms with van der Waals surface area (Å²) in [5, 5.41) is 0. The second-order valence-electron chi connectivity index (χ2n) is 7.20. The van der Waals surface area contributed by atoms with Gasteiger partial charge in [0, 0.05) is 25.5 Å². The van der Waals surface area contributed by atoms with Crippen LogP contribution in [0.15, 0.2) is 12.4 Å². The summed E-state index contributed by atoms with van der Waals surface area (Å²) in [4.78, 5) is 5.15. The molecule has 1 aliphatic heterocycles. The van der Waals surface area contributed by atoms with Gasteiger partial charge < -0.3 is 9.80 Å². The van der Waals surface area contributed by atoms with Crippen LogP contribution in [0.5, 0.6) is 0 Å². The van der Waals surface area contributed by atoms with Crippen molar-refractivity contribution in [3.63, 3.8) is 0 Å². The number of hydrogen-bond acceptors (Lipinski definition) is 2. The SMILES string of the molecule is CCCCCCCCCCN1C=CN(CCCCCC)C1CC. The third kappa shape index (κ3) is 8.67. The van der Waals surface area contributed by atoms with E-state index in [1.807, 2.05) is 0 Å². The lowest BCUT2D eigenvalue weighted by Crippen LogP contribution is -2.38. The van der Waals surface area contributed by atoms with Gasteiger partial charge in [0.05, 0.1) is 0 Å². The molecular weight excluding hydrogens is 280 g/mol. The lowest BCUT2D eigenvalue weighted by Gasteiger charge is -2.32. The van der Waals surface area contributed by atoms with Crippen LogP contribution in [0, 0.1) is 0 Å². The minimum atomic E-state index is 0.626. The molecular formula is C21H42N2. The first-order chi connectivity index (χ1) is 11.3. The Morgan fingerprint density at radius 1 is 0.565 bits per heavy atom. The van der Waals surface area contributed by atoms with Gasteiger partial charge >= 0.3 is 0 Å². The molecule has 0 aromatic heterocycles. The molecule has 1 unspecified atom stereocenters. The molecule has 2 nitrogen and oxygen atoms in total. The lowest BCUT2D eigenvalue weighted by molar-refractivity contribution is 0.144. The highest BCUT2D eigenvalue weighted by Crippen LogP contribution is 2.20. The standard InChI is InChI=1S/C21H42N2/c1-4-7-9-11-12-13-14-16-18-23-20-19-22(21(23)6-3)17-15-10-8-5-2/h19-21H,4-18H2,1-3H3. The molecule has 23 heavy (non-hydrogen) atoms. The minimum Gasteiger partial charge on any atom is -0.356 e. The molecule has 0 spiro atoms. The van der Waals surface area contributed by atoms with Gasteiger partial charge in [-0.1, -0.05) is 85.0 Å². The average Bonchev–Trinajstić information content (AvgIpc) is 2.96. The van der Waals surface area contributed by atoms with Gasteiger partial charge in [-0.15, -0.1) is 0 Å². The predicted molar refractivity (Wildman–Crippen MR) is 103 cm³/mol. The molecule has 0 aromatic rings. The zero-order valence-corrected chi connectivity index (χ0v) is 16.2. The first-order valence-electron chi connectivity index (χ1n) is 10.5. The van der Waals surface area contributed by atoms with Crippen LogP contribution >= 0.6 is 0 Å². The Morgan fingerprint density at radius 2 is 0.957 bits per heavy atom. The molecule has 136 valence electrons. The Kier molecular flexibility index (Phi) is 12.2. The van der Waals surface area contributed by atoms with E-state index in [-0.39, 0.29) is 0 Å². The van der Waals surface area contributed by atoms with Crippen LogP contribution in [0.4, 0.5) is 0 Å². The lowest BCUT2D eigenvalue weighted by atomic mass is 10.1. The van der Waals surface area contributed by atoms with E-state index in [0.29, 0.717) is 6.17 Å². The van der Waals surface area contributed by atoms with Crippen LogP contribution in [0.25, 0.3) is 0 Å². The van der Waals surface area contributed by atoms with Crippen molar-refractivity contribution >= 4 is 0 Å². The van der Waals surface area contributed by atoms with Gasteiger partial charge in [-0.25, -0.2) is 0 Å². The number of nitrogens with zero attached hydrogens (tertiary/aromatic N) is 2. The monoisotopic (exact) mass is 322 g/mol. The second-order valence-corrected chi connectivity index (χ2v) is 7.20. The molecule has 1 rings (SSSR count). The van der Waals surface area contributed by atoms with Gasteiger partial charge in [0.15, 0.2) is 0 Å². The Balaban J connectivity index is 2.08. The average molecular weight is 323 g/mol. The summed E-state index contributed by atoms with van der Waals surface area (Å²) >= 11 is 0. The van der Waals surface area contributed by atoms with Gasteiger partial charge in [0.2, 0.25) is 0 Å². The molecule has 1 heterocycles. The summed E-state index contributed by atoms with van der Waals surface area (Å²) in [6.45, 7) is 9.40. The third-order valence-electron chi connectivity index (χ3n) is 5.12. The normalized spacial score (nSPS) is 17.4. The highest BCUT2D eigenvalue weighted by atomic mass is 15.4. The van der Waals surface area contributed by atoms with E-state index in [1.165, 1.54) is 96.6 Å². The van der Waals surface area contributed by atoms with Crippen LogP contribution in [0.1, 0.15) is 104 Å². The molecule has 0 saturated heterocycles. The van der Waals surface area contributed by atoms with Crippen molar-refractivity contribution < 1.29 is 0 Å². The van der Waals surface area contributed by atoms with Crippen molar-refractivity contribution in [1.29, 1.82) is 0 Å². The molecule has 0 N–H and O–H groups in total. The van der Waals surface area contributed by atoms with Gasteiger partial charge in [-0.3, -0.25) is 0 Å². The number of unbranched alkanes of at least 4 members (excludes halogenated alkanes) is 10. The van der Waals surface area contributed by atoms with Crippen molar-refractivity contribution in [3.05, 3.63) is 12.4 Å². The summed E-state index contributed by atoms with van der Waals surface area (Å²) in [5.74, 6) is 0. The van der Waals surface area contributed by atoms with Crippen LogP contribution in [0.2, 0.25) is 0 Å². The molecule has 0 bridgehead atoms. The second kappa shape index (κ2) is 13.7. The van der Waals surface area contributed by atoms with E-state index in [4.69, 9.17) is 0 Å². The third-order valence-corrected chi connectivity index (χ3v) is 5.12. The van der Waals surface area contributed by atoms with Gasteiger partial charge in [-0.05, 0) is 19.3 Å². The molecule has 0 amide bonds. The summed E-state index contributed by atoms with van der Waals surface area (Å²) in [6, 6.07) is 0.